The highest BCUT2D eigenvalue weighted by Crippen LogP contribution is 2.30. The molecule has 1 fully saturated rings. The number of hydrogen-bond acceptors (Lipinski definition) is 4. The minimum atomic E-state index is -0.165. The number of aromatic nitrogens is 1. The molecule has 1 aliphatic carbocycles. The molecule has 0 spiro atoms. The molecule has 15 heavy (non-hydrogen) atoms. The molecule has 0 radical (unpaired) electrons. The van der Waals surface area contributed by atoms with Crippen LogP contribution in [0, 0.1) is 17.8 Å². The number of aliphatic hydroxyl groups is 1. The largest absolute Gasteiger partial charge is 0.384 e. The lowest BCUT2D eigenvalue weighted by atomic mass is 10.4. The molecule has 0 aliphatic heterocycles. The van der Waals surface area contributed by atoms with Gasteiger partial charge in [0.05, 0.1) is 11.1 Å². The first-order valence-electron chi connectivity index (χ1n) is 4.66. The van der Waals surface area contributed by atoms with Crippen molar-refractivity contribution in [1.29, 1.82) is 0 Å². The summed E-state index contributed by atoms with van der Waals surface area (Å²) < 4.78 is 0. The van der Waals surface area contributed by atoms with Crippen LogP contribution in [0.2, 0.25) is 0 Å². The van der Waals surface area contributed by atoms with E-state index in [1.807, 2.05) is 0 Å². The zero-order valence-electron chi connectivity index (χ0n) is 7.99. The lowest BCUT2D eigenvalue weighted by molar-refractivity contribution is -0.117. The van der Waals surface area contributed by atoms with Gasteiger partial charge in [-0.05, 0) is 12.8 Å². The van der Waals surface area contributed by atoms with E-state index in [4.69, 9.17) is 5.11 Å². The van der Waals surface area contributed by atoms with Crippen molar-refractivity contribution >= 4 is 22.4 Å². The molecule has 2 N–H and O–H groups in total. The summed E-state index contributed by atoms with van der Waals surface area (Å²) in [6.07, 6.45) is 3.55. The van der Waals surface area contributed by atoms with E-state index >= 15 is 0 Å². The third-order valence-electron chi connectivity index (χ3n) is 1.97. The minimum Gasteiger partial charge on any atom is -0.384 e. The molecule has 78 valence electrons. The summed E-state index contributed by atoms with van der Waals surface area (Å²) in [7, 11) is 0. The van der Waals surface area contributed by atoms with Crippen LogP contribution in [0.25, 0.3) is 0 Å². The van der Waals surface area contributed by atoms with Crippen molar-refractivity contribution in [1.82, 2.24) is 4.98 Å². The first kappa shape index (κ1) is 10.1. The molecular weight excluding hydrogens is 212 g/mol. The van der Waals surface area contributed by atoms with E-state index < -0.39 is 0 Å². The van der Waals surface area contributed by atoms with Gasteiger partial charge in [0.25, 0.3) is 0 Å². The number of anilines is 1. The molecule has 4 nitrogen and oxygen atoms in total. The monoisotopic (exact) mass is 222 g/mol. The Morgan fingerprint density at radius 1 is 1.73 bits per heavy atom. The van der Waals surface area contributed by atoms with E-state index in [9.17, 15) is 4.79 Å². The normalized spacial score (nSPS) is 14.2. The van der Waals surface area contributed by atoms with Crippen LogP contribution in [0.3, 0.4) is 0 Å². The first-order valence-corrected chi connectivity index (χ1v) is 5.47. The van der Waals surface area contributed by atoms with Gasteiger partial charge in [-0.15, -0.1) is 0 Å². The van der Waals surface area contributed by atoms with Gasteiger partial charge in [-0.3, -0.25) is 4.79 Å². The van der Waals surface area contributed by atoms with E-state index in [1.165, 1.54) is 11.3 Å². The fourth-order valence-corrected chi connectivity index (χ4v) is 1.76. The van der Waals surface area contributed by atoms with Crippen LogP contribution >= 0.6 is 11.3 Å². The van der Waals surface area contributed by atoms with Crippen LogP contribution in [0.15, 0.2) is 6.20 Å². The maximum Gasteiger partial charge on any atom is 0.229 e. The number of carbonyl (C=O) groups excluding carboxylic acids is 1. The van der Waals surface area contributed by atoms with Gasteiger partial charge in [-0.25, -0.2) is 4.98 Å². The van der Waals surface area contributed by atoms with Gasteiger partial charge in [0, 0.05) is 5.92 Å². The smallest absolute Gasteiger partial charge is 0.229 e. The summed E-state index contributed by atoms with van der Waals surface area (Å²) in [6, 6.07) is 0. The molecule has 2 rings (SSSR count). The van der Waals surface area contributed by atoms with E-state index in [1.54, 1.807) is 6.20 Å². The standard InChI is InChI=1S/C10H10N2O2S/c13-5-1-2-8-6-11-10(15-8)12-9(14)7-3-4-7/h6-7,13H,3-5H2,(H,11,12,14). The maximum atomic E-state index is 11.4. The molecule has 0 unspecified atom stereocenters. The SMILES string of the molecule is O=C(Nc1ncc(C#CCO)s1)C1CC1. The van der Waals surface area contributed by atoms with Gasteiger partial charge in [-0.2, -0.15) is 0 Å². The second-order valence-corrected chi connectivity index (χ2v) is 4.28. The molecule has 1 aromatic rings. The van der Waals surface area contributed by atoms with Crippen molar-refractivity contribution < 1.29 is 9.90 Å². The Morgan fingerprint density at radius 3 is 3.20 bits per heavy atom. The van der Waals surface area contributed by atoms with Crippen molar-refractivity contribution in [2.45, 2.75) is 12.8 Å². The number of nitrogens with one attached hydrogen (secondary N) is 1. The first-order chi connectivity index (χ1) is 7.29. The maximum absolute atomic E-state index is 11.4. The van der Waals surface area contributed by atoms with E-state index in [2.05, 4.69) is 22.1 Å². The van der Waals surface area contributed by atoms with Crippen LogP contribution in [0.4, 0.5) is 5.13 Å². The zero-order chi connectivity index (χ0) is 10.7. The number of nitrogens with zero attached hydrogens (tertiary/aromatic N) is 1. The molecular formula is C10H10N2O2S. The summed E-state index contributed by atoms with van der Waals surface area (Å²) >= 11 is 1.32. The predicted molar refractivity (Wildman–Crippen MR) is 57.4 cm³/mol. The summed E-state index contributed by atoms with van der Waals surface area (Å²) in [6.45, 7) is -0.165. The Morgan fingerprint density at radius 2 is 2.53 bits per heavy atom. The van der Waals surface area contributed by atoms with Crippen LogP contribution in [-0.2, 0) is 4.79 Å². The number of hydrogen-bond donors (Lipinski definition) is 2. The highest BCUT2D eigenvalue weighted by atomic mass is 32.1. The van der Waals surface area contributed by atoms with Crippen molar-refractivity contribution in [3.63, 3.8) is 0 Å². The van der Waals surface area contributed by atoms with Gasteiger partial charge in [-0.1, -0.05) is 23.2 Å². The van der Waals surface area contributed by atoms with E-state index in [-0.39, 0.29) is 18.4 Å². The summed E-state index contributed by atoms with van der Waals surface area (Å²) in [5, 5.41) is 11.8. The van der Waals surface area contributed by atoms with E-state index in [0.29, 0.717) is 5.13 Å². The topological polar surface area (TPSA) is 62.2 Å². The fraction of sp³-hybridized carbons (Fsp3) is 0.400. The van der Waals surface area contributed by atoms with Crippen molar-refractivity contribution in [3.05, 3.63) is 11.1 Å². The number of rotatable bonds is 2. The zero-order valence-corrected chi connectivity index (χ0v) is 8.80. The average molecular weight is 222 g/mol. The highest BCUT2D eigenvalue weighted by molar-refractivity contribution is 7.16. The Labute approximate surface area is 91.3 Å². The molecule has 0 aromatic carbocycles. The third-order valence-corrected chi connectivity index (χ3v) is 2.80. The quantitative estimate of drug-likeness (QED) is 0.729. The van der Waals surface area contributed by atoms with Gasteiger partial charge in [0.2, 0.25) is 5.91 Å². The molecule has 0 atom stereocenters. The Kier molecular flexibility index (Phi) is 2.99. The predicted octanol–water partition coefficient (Wildman–Crippen LogP) is 0.835. The molecule has 1 aromatic heterocycles. The second kappa shape index (κ2) is 4.43. The number of thiazole rings is 1. The number of carbonyl (C=O) groups is 1. The highest BCUT2D eigenvalue weighted by Gasteiger charge is 2.29. The van der Waals surface area contributed by atoms with Gasteiger partial charge in [0.15, 0.2) is 5.13 Å². The third kappa shape index (κ3) is 2.78. The molecule has 0 bridgehead atoms. The van der Waals surface area contributed by atoms with Gasteiger partial charge >= 0.3 is 0 Å². The molecule has 0 saturated heterocycles. The van der Waals surface area contributed by atoms with Crippen molar-refractivity contribution in [3.8, 4) is 11.8 Å². The van der Waals surface area contributed by atoms with Crippen molar-refractivity contribution in [2.75, 3.05) is 11.9 Å². The van der Waals surface area contributed by atoms with Crippen molar-refractivity contribution in [2.24, 2.45) is 5.92 Å². The fourth-order valence-electron chi connectivity index (χ4n) is 1.07. The average Bonchev–Trinajstić information content (AvgIpc) is 2.99. The Hall–Kier alpha value is -1.38. The minimum absolute atomic E-state index is 0.0472. The lowest BCUT2D eigenvalue weighted by Gasteiger charge is -1.96. The summed E-state index contributed by atoms with van der Waals surface area (Å²) in [5.41, 5.74) is 0. The Balaban J connectivity index is 1.97. The molecule has 1 heterocycles. The molecule has 1 saturated carbocycles. The summed E-state index contributed by atoms with van der Waals surface area (Å²) in [4.78, 5) is 16.1. The van der Waals surface area contributed by atoms with Crippen LogP contribution in [0.5, 0.6) is 0 Å². The lowest BCUT2D eigenvalue weighted by Crippen LogP contribution is -2.12. The molecule has 1 aliphatic rings. The van der Waals surface area contributed by atoms with Crippen LogP contribution < -0.4 is 5.32 Å². The number of aliphatic hydroxyl groups excluding tert-OH is 1. The van der Waals surface area contributed by atoms with E-state index in [0.717, 1.165) is 17.7 Å². The van der Waals surface area contributed by atoms with Crippen LogP contribution in [-0.4, -0.2) is 22.6 Å². The summed E-state index contributed by atoms with van der Waals surface area (Å²) in [5.74, 6) is 5.50. The van der Waals surface area contributed by atoms with Gasteiger partial charge in [0.1, 0.15) is 6.61 Å². The Bertz CT molecular complexity index is 426. The second-order valence-electron chi connectivity index (χ2n) is 3.25. The van der Waals surface area contributed by atoms with Crippen LogP contribution in [0.1, 0.15) is 17.7 Å². The molecule has 5 heteroatoms. The molecule has 1 amide bonds. The van der Waals surface area contributed by atoms with Gasteiger partial charge < -0.3 is 10.4 Å². The number of amides is 1.